The number of nitrogens with zero attached hydrogens (tertiary/aromatic N) is 2. The summed E-state index contributed by atoms with van der Waals surface area (Å²) in [5.74, 6) is 6.70. The van der Waals surface area contributed by atoms with E-state index < -0.39 is 0 Å². The Hall–Kier alpha value is -1.56. The van der Waals surface area contributed by atoms with Crippen LogP contribution in [0.1, 0.15) is 32.6 Å². The van der Waals surface area contributed by atoms with Gasteiger partial charge in [-0.3, -0.25) is 0 Å². The van der Waals surface area contributed by atoms with Crippen LogP contribution in [0.15, 0.2) is 6.07 Å². The number of nitrogens with one attached hydrogen (secondary N) is 2. The Bertz CT molecular complexity index is 314. The molecule has 6 heteroatoms. The van der Waals surface area contributed by atoms with E-state index in [1.165, 1.54) is 19.3 Å². The molecule has 0 aliphatic carbocycles. The molecule has 0 saturated carbocycles. The molecule has 0 amide bonds. The van der Waals surface area contributed by atoms with Crippen LogP contribution >= 0.6 is 0 Å². The molecule has 0 bridgehead atoms. The van der Waals surface area contributed by atoms with Crippen LogP contribution in [0.2, 0.25) is 0 Å². The van der Waals surface area contributed by atoms with E-state index in [9.17, 15) is 0 Å². The average molecular weight is 224 g/mol. The minimum atomic E-state index is 0.214. The normalized spacial score (nSPS) is 10.1. The summed E-state index contributed by atoms with van der Waals surface area (Å²) in [5.41, 5.74) is 7.98. The molecule has 0 fully saturated rings. The van der Waals surface area contributed by atoms with E-state index >= 15 is 0 Å². The van der Waals surface area contributed by atoms with Crippen molar-refractivity contribution < 1.29 is 0 Å². The average Bonchev–Trinajstić information content (AvgIpc) is 2.28. The topological polar surface area (TPSA) is 102 Å². The Morgan fingerprint density at radius 1 is 1.19 bits per heavy atom. The number of nitrogen functional groups attached to an aromatic ring is 2. The second kappa shape index (κ2) is 6.84. The SMILES string of the molecule is CCCCCCNc1cc(NN)nc(N)n1. The predicted octanol–water partition coefficient (Wildman–Crippen LogP) is 1.34. The van der Waals surface area contributed by atoms with Crippen LogP contribution < -0.4 is 22.3 Å². The summed E-state index contributed by atoms with van der Waals surface area (Å²) in [4.78, 5) is 7.96. The van der Waals surface area contributed by atoms with Crippen molar-refractivity contribution in [1.29, 1.82) is 0 Å². The number of hydrogen-bond donors (Lipinski definition) is 4. The van der Waals surface area contributed by atoms with E-state index in [0.717, 1.165) is 13.0 Å². The van der Waals surface area contributed by atoms with Crippen molar-refractivity contribution in [2.45, 2.75) is 32.6 Å². The number of aromatic nitrogens is 2. The molecular weight excluding hydrogens is 204 g/mol. The fraction of sp³-hybridized carbons (Fsp3) is 0.600. The van der Waals surface area contributed by atoms with Gasteiger partial charge in [-0.05, 0) is 6.42 Å². The molecule has 1 rings (SSSR count). The summed E-state index contributed by atoms with van der Waals surface area (Å²) in [7, 11) is 0. The first-order chi connectivity index (χ1) is 7.76. The molecule has 0 radical (unpaired) electrons. The molecule has 90 valence electrons. The molecule has 1 aromatic heterocycles. The second-order valence-electron chi connectivity index (χ2n) is 3.63. The summed E-state index contributed by atoms with van der Waals surface area (Å²) in [6.07, 6.45) is 4.86. The Morgan fingerprint density at radius 3 is 2.62 bits per heavy atom. The maximum absolute atomic E-state index is 5.53. The minimum absolute atomic E-state index is 0.214. The summed E-state index contributed by atoms with van der Waals surface area (Å²) in [6, 6.07) is 1.73. The zero-order valence-electron chi connectivity index (χ0n) is 9.66. The van der Waals surface area contributed by atoms with E-state index in [1.54, 1.807) is 6.07 Å². The van der Waals surface area contributed by atoms with Crippen molar-refractivity contribution in [3.8, 4) is 0 Å². The zero-order chi connectivity index (χ0) is 11.8. The zero-order valence-corrected chi connectivity index (χ0v) is 9.66. The summed E-state index contributed by atoms with van der Waals surface area (Å²) in [5, 5.41) is 3.19. The van der Waals surface area contributed by atoms with E-state index in [1.807, 2.05) is 0 Å². The van der Waals surface area contributed by atoms with Crippen LogP contribution in [0.3, 0.4) is 0 Å². The standard InChI is InChI=1S/C10H20N6/c1-2-3-4-5-6-13-8-7-9(16-12)15-10(11)14-8/h7H,2-6,12H2,1H3,(H4,11,13,14,15,16). The lowest BCUT2D eigenvalue weighted by atomic mass is 10.2. The van der Waals surface area contributed by atoms with E-state index in [4.69, 9.17) is 11.6 Å². The van der Waals surface area contributed by atoms with Gasteiger partial charge in [-0.1, -0.05) is 26.2 Å². The van der Waals surface area contributed by atoms with Gasteiger partial charge in [0.15, 0.2) is 0 Å². The summed E-state index contributed by atoms with van der Waals surface area (Å²) < 4.78 is 0. The van der Waals surface area contributed by atoms with Gasteiger partial charge >= 0.3 is 0 Å². The quantitative estimate of drug-likeness (QED) is 0.317. The molecule has 6 nitrogen and oxygen atoms in total. The van der Waals surface area contributed by atoms with Crippen LogP contribution in [-0.2, 0) is 0 Å². The number of anilines is 3. The monoisotopic (exact) mass is 224 g/mol. The van der Waals surface area contributed by atoms with Gasteiger partial charge in [0.2, 0.25) is 5.95 Å². The lowest BCUT2D eigenvalue weighted by Gasteiger charge is -2.07. The third kappa shape index (κ3) is 4.31. The first-order valence-corrected chi connectivity index (χ1v) is 5.61. The van der Waals surface area contributed by atoms with Gasteiger partial charge in [-0.25, -0.2) is 5.84 Å². The fourth-order valence-electron chi connectivity index (χ4n) is 1.40. The highest BCUT2D eigenvalue weighted by Gasteiger charge is 2.00. The predicted molar refractivity (Wildman–Crippen MR) is 66.9 cm³/mol. The van der Waals surface area contributed by atoms with Crippen LogP contribution in [0.5, 0.6) is 0 Å². The van der Waals surface area contributed by atoms with Crippen molar-refractivity contribution in [1.82, 2.24) is 9.97 Å². The molecule has 0 unspecified atom stereocenters. The van der Waals surface area contributed by atoms with Gasteiger partial charge in [-0.2, -0.15) is 9.97 Å². The maximum Gasteiger partial charge on any atom is 0.223 e. The molecule has 0 saturated heterocycles. The second-order valence-corrected chi connectivity index (χ2v) is 3.63. The van der Waals surface area contributed by atoms with Crippen molar-refractivity contribution >= 4 is 17.6 Å². The highest BCUT2D eigenvalue weighted by Crippen LogP contribution is 2.11. The Balaban J connectivity index is 2.38. The van der Waals surface area contributed by atoms with Crippen LogP contribution in [0.4, 0.5) is 17.6 Å². The van der Waals surface area contributed by atoms with E-state index in [-0.39, 0.29) is 5.95 Å². The van der Waals surface area contributed by atoms with Crippen molar-refractivity contribution in [2.75, 3.05) is 23.0 Å². The molecule has 1 aromatic rings. The molecular formula is C10H20N6. The van der Waals surface area contributed by atoms with Gasteiger partial charge in [0, 0.05) is 12.6 Å². The van der Waals surface area contributed by atoms with Gasteiger partial charge in [0.1, 0.15) is 11.6 Å². The first kappa shape index (κ1) is 12.5. The lowest BCUT2D eigenvalue weighted by Crippen LogP contribution is -2.12. The molecule has 0 aromatic carbocycles. The third-order valence-electron chi connectivity index (χ3n) is 2.23. The van der Waals surface area contributed by atoms with E-state index in [0.29, 0.717) is 11.6 Å². The van der Waals surface area contributed by atoms with Crippen LogP contribution in [0.25, 0.3) is 0 Å². The summed E-state index contributed by atoms with van der Waals surface area (Å²) >= 11 is 0. The number of hydrogen-bond acceptors (Lipinski definition) is 6. The molecule has 6 N–H and O–H groups in total. The molecule has 0 spiro atoms. The smallest absolute Gasteiger partial charge is 0.223 e. The Kier molecular flexibility index (Phi) is 5.35. The number of unbranched alkanes of at least 4 members (excludes halogenated alkanes) is 3. The van der Waals surface area contributed by atoms with Crippen molar-refractivity contribution in [3.63, 3.8) is 0 Å². The molecule has 16 heavy (non-hydrogen) atoms. The highest BCUT2D eigenvalue weighted by atomic mass is 15.3. The van der Waals surface area contributed by atoms with Gasteiger partial charge in [-0.15, -0.1) is 0 Å². The number of nitrogens with two attached hydrogens (primary N) is 2. The lowest BCUT2D eigenvalue weighted by molar-refractivity contribution is 0.684. The largest absolute Gasteiger partial charge is 0.370 e. The van der Waals surface area contributed by atoms with Crippen molar-refractivity contribution in [2.24, 2.45) is 5.84 Å². The van der Waals surface area contributed by atoms with Gasteiger partial charge in [0.05, 0.1) is 0 Å². The Labute approximate surface area is 95.8 Å². The number of rotatable bonds is 7. The number of hydrazine groups is 1. The van der Waals surface area contributed by atoms with Crippen LogP contribution in [0, 0.1) is 0 Å². The van der Waals surface area contributed by atoms with Gasteiger partial charge < -0.3 is 16.5 Å². The maximum atomic E-state index is 5.53. The van der Waals surface area contributed by atoms with Crippen LogP contribution in [-0.4, -0.2) is 16.5 Å². The Morgan fingerprint density at radius 2 is 1.94 bits per heavy atom. The van der Waals surface area contributed by atoms with Gasteiger partial charge in [0.25, 0.3) is 0 Å². The fourth-order valence-corrected chi connectivity index (χ4v) is 1.40. The minimum Gasteiger partial charge on any atom is -0.370 e. The molecule has 0 aliphatic heterocycles. The molecule has 0 aliphatic rings. The molecule has 0 atom stereocenters. The first-order valence-electron chi connectivity index (χ1n) is 5.61. The molecule has 1 heterocycles. The highest BCUT2D eigenvalue weighted by molar-refractivity contribution is 5.50. The third-order valence-corrected chi connectivity index (χ3v) is 2.23. The van der Waals surface area contributed by atoms with E-state index in [2.05, 4.69) is 27.6 Å². The van der Waals surface area contributed by atoms with Crippen molar-refractivity contribution in [3.05, 3.63) is 6.07 Å². The summed E-state index contributed by atoms with van der Waals surface area (Å²) in [6.45, 7) is 3.08.